The Balaban J connectivity index is 2.37. The quantitative estimate of drug-likeness (QED) is 0.716. The molecular formula is C14H27NO2. The number of carbonyl (C=O) groups is 1. The molecule has 100 valence electrons. The lowest BCUT2D eigenvalue weighted by molar-refractivity contribution is -0.130. The number of ketones is 1. The van der Waals surface area contributed by atoms with Crippen molar-refractivity contribution in [2.24, 2.45) is 11.8 Å². The van der Waals surface area contributed by atoms with Gasteiger partial charge in [-0.1, -0.05) is 20.8 Å². The van der Waals surface area contributed by atoms with Crippen LogP contribution in [0.4, 0.5) is 0 Å². The minimum absolute atomic E-state index is 0.0182. The summed E-state index contributed by atoms with van der Waals surface area (Å²) in [5.74, 6) is 0.432. The summed E-state index contributed by atoms with van der Waals surface area (Å²) in [6.45, 7) is 12.0. The maximum absolute atomic E-state index is 11.8. The van der Waals surface area contributed by atoms with Crippen molar-refractivity contribution in [2.75, 3.05) is 13.2 Å². The summed E-state index contributed by atoms with van der Waals surface area (Å²) in [6, 6.07) is 0.526. The van der Waals surface area contributed by atoms with Crippen LogP contribution in [-0.4, -0.2) is 36.1 Å². The van der Waals surface area contributed by atoms with Crippen LogP contribution in [0.5, 0.6) is 0 Å². The van der Waals surface area contributed by atoms with Crippen LogP contribution in [0.15, 0.2) is 0 Å². The van der Waals surface area contributed by atoms with Gasteiger partial charge in [0.1, 0.15) is 12.0 Å². The average molecular weight is 241 g/mol. The van der Waals surface area contributed by atoms with Crippen molar-refractivity contribution in [1.29, 1.82) is 0 Å². The number of hydrogen-bond acceptors (Lipinski definition) is 3. The standard InChI is InChI=1S/C14H27NO2/c1-10(2)14(16)12(5)9-17-13-7-6-8-15(13)11(3)4/h10-13H,6-9H2,1-5H3. The summed E-state index contributed by atoms with van der Waals surface area (Å²) in [5.41, 5.74) is 0. The van der Waals surface area contributed by atoms with Gasteiger partial charge in [-0.3, -0.25) is 9.69 Å². The number of Topliss-reactive ketones (excluding diaryl/α,β-unsaturated/α-hetero) is 1. The summed E-state index contributed by atoms with van der Waals surface area (Å²) < 4.78 is 5.92. The molecule has 17 heavy (non-hydrogen) atoms. The Morgan fingerprint density at radius 3 is 2.47 bits per heavy atom. The second-order valence-electron chi connectivity index (χ2n) is 5.72. The number of carbonyl (C=O) groups excluding carboxylic acids is 1. The van der Waals surface area contributed by atoms with Gasteiger partial charge in [0.15, 0.2) is 0 Å². The van der Waals surface area contributed by atoms with Gasteiger partial charge >= 0.3 is 0 Å². The van der Waals surface area contributed by atoms with Gasteiger partial charge in [0.05, 0.1) is 6.61 Å². The van der Waals surface area contributed by atoms with E-state index in [2.05, 4.69) is 18.7 Å². The molecule has 0 aliphatic carbocycles. The van der Waals surface area contributed by atoms with Crippen LogP contribution < -0.4 is 0 Å². The molecule has 0 saturated carbocycles. The maximum Gasteiger partial charge on any atom is 0.140 e. The summed E-state index contributed by atoms with van der Waals surface area (Å²) in [7, 11) is 0. The first kappa shape index (κ1) is 14.7. The topological polar surface area (TPSA) is 29.5 Å². The molecule has 3 heteroatoms. The van der Waals surface area contributed by atoms with Crippen molar-refractivity contribution in [3.63, 3.8) is 0 Å². The molecule has 0 radical (unpaired) electrons. The van der Waals surface area contributed by atoms with Gasteiger partial charge in [-0.25, -0.2) is 0 Å². The Bertz CT molecular complexity index is 251. The molecule has 0 N–H and O–H groups in total. The molecule has 0 aromatic rings. The van der Waals surface area contributed by atoms with E-state index in [0.29, 0.717) is 18.4 Å². The predicted molar refractivity (Wildman–Crippen MR) is 69.8 cm³/mol. The summed E-state index contributed by atoms with van der Waals surface area (Å²) in [6.07, 6.45) is 2.52. The molecule has 1 rings (SSSR count). The molecule has 1 saturated heterocycles. The van der Waals surface area contributed by atoms with Crippen molar-refractivity contribution in [1.82, 2.24) is 4.90 Å². The van der Waals surface area contributed by atoms with E-state index >= 15 is 0 Å². The van der Waals surface area contributed by atoms with Crippen molar-refractivity contribution in [2.45, 2.75) is 59.7 Å². The Kier molecular flexibility index (Phi) is 5.60. The number of nitrogens with zero attached hydrogens (tertiary/aromatic N) is 1. The van der Waals surface area contributed by atoms with E-state index in [1.165, 1.54) is 6.42 Å². The normalized spacial score (nSPS) is 23.6. The number of likely N-dealkylation sites (tertiary alicyclic amines) is 1. The van der Waals surface area contributed by atoms with E-state index < -0.39 is 0 Å². The third-order valence-corrected chi connectivity index (χ3v) is 3.49. The van der Waals surface area contributed by atoms with Gasteiger partial charge in [0.2, 0.25) is 0 Å². The average Bonchev–Trinajstić information content (AvgIpc) is 2.72. The summed E-state index contributed by atoms with van der Waals surface area (Å²) in [5, 5.41) is 0. The van der Waals surface area contributed by atoms with E-state index in [9.17, 15) is 4.79 Å². The fourth-order valence-electron chi connectivity index (χ4n) is 2.43. The molecule has 3 nitrogen and oxygen atoms in total. The van der Waals surface area contributed by atoms with Gasteiger partial charge in [-0.2, -0.15) is 0 Å². The largest absolute Gasteiger partial charge is 0.362 e. The number of ether oxygens (including phenoxy) is 1. The third kappa shape index (κ3) is 4.07. The van der Waals surface area contributed by atoms with Crippen molar-refractivity contribution >= 4 is 5.78 Å². The van der Waals surface area contributed by atoms with Crippen LogP contribution in [-0.2, 0) is 9.53 Å². The monoisotopic (exact) mass is 241 g/mol. The predicted octanol–water partition coefficient (Wildman–Crippen LogP) is 2.69. The second-order valence-corrected chi connectivity index (χ2v) is 5.72. The smallest absolute Gasteiger partial charge is 0.140 e. The molecule has 2 unspecified atom stereocenters. The molecule has 0 spiro atoms. The van der Waals surface area contributed by atoms with Gasteiger partial charge in [-0.15, -0.1) is 0 Å². The Morgan fingerprint density at radius 2 is 1.94 bits per heavy atom. The lowest BCUT2D eigenvalue weighted by Crippen LogP contribution is -2.38. The van der Waals surface area contributed by atoms with Gasteiger partial charge in [0, 0.05) is 24.4 Å². The van der Waals surface area contributed by atoms with E-state index in [0.717, 1.165) is 13.0 Å². The Hall–Kier alpha value is -0.410. The molecule has 1 aliphatic heterocycles. The SMILES string of the molecule is CC(C)C(=O)C(C)COC1CCCN1C(C)C. The lowest BCUT2D eigenvalue weighted by atomic mass is 9.98. The second kappa shape index (κ2) is 6.50. The van der Waals surface area contributed by atoms with Crippen LogP contribution in [0, 0.1) is 11.8 Å². The molecule has 1 aliphatic rings. The highest BCUT2D eigenvalue weighted by molar-refractivity contribution is 5.82. The first-order valence-corrected chi connectivity index (χ1v) is 6.84. The van der Waals surface area contributed by atoms with E-state index in [4.69, 9.17) is 4.74 Å². The molecule has 0 bridgehead atoms. The van der Waals surface area contributed by atoms with E-state index in [1.807, 2.05) is 20.8 Å². The first-order valence-electron chi connectivity index (χ1n) is 6.84. The van der Waals surface area contributed by atoms with Crippen LogP contribution >= 0.6 is 0 Å². The minimum atomic E-state index is 0.0182. The Labute approximate surface area is 106 Å². The zero-order valence-corrected chi connectivity index (χ0v) is 11.9. The highest BCUT2D eigenvalue weighted by atomic mass is 16.5. The number of hydrogen-bond donors (Lipinski definition) is 0. The molecule has 1 heterocycles. The zero-order valence-electron chi connectivity index (χ0n) is 11.9. The fourth-order valence-corrected chi connectivity index (χ4v) is 2.43. The zero-order chi connectivity index (χ0) is 13.0. The third-order valence-electron chi connectivity index (χ3n) is 3.49. The van der Waals surface area contributed by atoms with Crippen LogP contribution in [0.2, 0.25) is 0 Å². The fraction of sp³-hybridized carbons (Fsp3) is 0.929. The highest BCUT2D eigenvalue weighted by Gasteiger charge is 2.28. The maximum atomic E-state index is 11.8. The Morgan fingerprint density at radius 1 is 1.29 bits per heavy atom. The van der Waals surface area contributed by atoms with Crippen molar-refractivity contribution in [3.8, 4) is 0 Å². The van der Waals surface area contributed by atoms with Crippen LogP contribution in [0.3, 0.4) is 0 Å². The molecule has 0 amide bonds. The van der Waals surface area contributed by atoms with Crippen LogP contribution in [0.1, 0.15) is 47.5 Å². The summed E-state index contributed by atoms with van der Waals surface area (Å²) >= 11 is 0. The van der Waals surface area contributed by atoms with Crippen LogP contribution in [0.25, 0.3) is 0 Å². The molecule has 1 fully saturated rings. The van der Waals surface area contributed by atoms with Gasteiger partial charge in [0.25, 0.3) is 0 Å². The van der Waals surface area contributed by atoms with Gasteiger partial charge < -0.3 is 4.74 Å². The van der Waals surface area contributed by atoms with E-state index in [-0.39, 0.29) is 18.1 Å². The van der Waals surface area contributed by atoms with Gasteiger partial charge in [-0.05, 0) is 26.7 Å². The van der Waals surface area contributed by atoms with Crippen molar-refractivity contribution < 1.29 is 9.53 Å². The molecule has 2 atom stereocenters. The number of rotatable bonds is 6. The first-order chi connectivity index (χ1) is 7.93. The molecule has 0 aromatic carbocycles. The van der Waals surface area contributed by atoms with E-state index in [1.54, 1.807) is 0 Å². The lowest BCUT2D eigenvalue weighted by Gasteiger charge is -2.29. The minimum Gasteiger partial charge on any atom is -0.362 e. The van der Waals surface area contributed by atoms with Crippen molar-refractivity contribution in [3.05, 3.63) is 0 Å². The molecule has 0 aromatic heterocycles. The summed E-state index contributed by atoms with van der Waals surface area (Å²) in [4.78, 5) is 14.2. The molecular weight excluding hydrogens is 214 g/mol. The highest BCUT2D eigenvalue weighted by Crippen LogP contribution is 2.21.